The molecule has 0 saturated carbocycles. The van der Waals surface area contributed by atoms with Crippen molar-refractivity contribution in [3.63, 3.8) is 0 Å². The van der Waals surface area contributed by atoms with E-state index in [1.54, 1.807) is 0 Å². The van der Waals surface area contributed by atoms with E-state index in [0.717, 1.165) is 12.8 Å². The maximum absolute atomic E-state index is 14.0. The van der Waals surface area contributed by atoms with E-state index in [-0.39, 0.29) is 6.10 Å². The van der Waals surface area contributed by atoms with Gasteiger partial charge in [-0.15, -0.1) is 0 Å². The second-order valence-corrected chi connectivity index (χ2v) is 5.71. The van der Waals surface area contributed by atoms with Crippen molar-refractivity contribution in [2.45, 2.75) is 38.9 Å². The van der Waals surface area contributed by atoms with E-state index in [1.165, 1.54) is 12.1 Å². The van der Waals surface area contributed by atoms with E-state index < -0.39 is 11.6 Å². The summed E-state index contributed by atoms with van der Waals surface area (Å²) in [6.07, 6.45) is 2.51. The largest absolute Gasteiger partial charge is 0.417 e. The van der Waals surface area contributed by atoms with Crippen LogP contribution in [-0.2, 0) is 4.74 Å². The van der Waals surface area contributed by atoms with Gasteiger partial charge in [-0.25, -0.2) is 9.18 Å². The number of ether oxygens (including phenoxy) is 1. The Morgan fingerprint density at radius 3 is 2.95 bits per heavy atom. The highest BCUT2D eigenvalue weighted by Gasteiger charge is 2.25. The number of H-pyrrole nitrogens is 1. The molecule has 3 unspecified atom stereocenters. The Morgan fingerprint density at radius 2 is 2.19 bits per heavy atom. The predicted molar refractivity (Wildman–Crippen MR) is 78.0 cm³/mol. The monoisotopic (exact) mass is 294 g/mol. The van der Waals surface area contributed by atoms with Crippen molar-refractivity contribution in [3.05, 3.63) is 28.5 Å². The SMILES string of the molecule is CC1CCC(CNc2cc3oc(=O)[nH]c3cc2F)C(C)O1. The molecule has 0 aliphatic carbocycles. The first kappa shape index (κ1) is 14.1. The minimum atomic E-state index is -0.579. The third kappa shape index (κ3) is 2.95. The standard InChI is InChI=1S/C15H19FN2O3/c1-8-3-4-10(9(2)20-8)7-17-12-6-14-13(5-11(12)16)18-15(19)21-14/h5-6,8-10,17H,3-4,7H2,1-2H3,(H,18,19). The molecule has 0 spiro atoms. The molecule has 21 heavy (non-hydrogen) atoms. The van der Waals surface area contributed by atoms with E-state index in [2.05, 4.69) is 17.2 Å². The van der Waals surface area contributed by atoms with Crippen LogP contribution in [0.2, 0.25) is 0 Å². The van der Waals surface area contributed by atoms with Crippen LogP contribution in [0.3, 0.4) is 0 Å². The fraction of sp³-hybridized carbons (Fsp3) is 0.533. The van der Waals surface area contributed by atoms with Gasteiger partial charge in [0.25, 0.3) is 0 Å². The summed E-state index contributed by atoms with van der Waals surface area (Å²) in [4.78, 5) is 13.5. The molecule has 5 nitrogen and oxygen atoms in total. The lowest BCUT2D eigenvalue weighted by molar-refractivity contribution is -0.0608. The zero-order valence-electron chi connectivity index (χ0n) is 12.1. The van der Waals surface area contributed by atoms with E-state index in [1.807, 2.05) is 6.92 Å². The molecule has 1 saturated heterocycles. The van der Waals surface area contributed by atoms with Gasteiger partial charge in [0, 0.05) is 24.6 Å². The minimum absolute atomic E-state index is 0.151. The molecule has 2 heterocycles. The van der Waals surface area contributed by atoms with Crippen LogP contribution in [0.4, 0.5) is 10.1 Å². The fourth-order valence-corrected chi connectivity index (χ4v) is 2.84. The van der Waals surface area contributed by atoms with Gasteiger partial charge in [-0.3, -0.25) is 4.98 Å². The number of oxazole rings is 1. The van der Waals surface area contributed by atoms with Crippen LogP contribution in [0.25, 0.3) is 11.1 Å². The van der Waals surface area contributed by atoms with Gasteiger partial charge in [-0.05, 0) is 26.7 Å². The van der Waals surface area contributed by atoms with Gasteiger partial charge in [0.1, 0.15) is 5.82 Å². The lowest BCUT2D eigenvalue weighted by Crippen LogP contribution is -2.35. The van der Waals surface area contributed by atoms with Gasteiger partial charge in [0.15, 0.2) is 5.58 Å². The Hall–Kier alpha value is -1.82. The van der Waals surface area contributed by atoms with E-state index in [0.29, 0.717) is 35.4 Å². The topological polar surface area (TPSA) is 67.3 Å². The van der Waals surface area contributed by atoms with Crippen molar-refractivity contribution in [2.75, 3.05) is 11.9 Å². The van der Waals surface area contributed by atoms with Crippen LogP contribution in [0.1, 0.15) is 26.7 Å². The highest BCUT2D eigenvalue weighted by molar-refractivity contribution is 5.77. The van der Waals surface area contributed by atoms with E-state index in [9.17, 15) is 9.18 Å². The minimum Gasteiger partial charge on any atom is -0.408 e. The summed E-state index contributed by atoms with van der Waals surface area (Å²) < 4.78 is 24.7. The number of rotatable bonds is 3. The average Bonchev–Trinajstić information content (AvgIpc) is 2.76. The Morgan fingerprint density at radius 1 is 1.38 bits per heavy atom. The van der Waals surface area contributed by atoms with Gasteiger partial charge in [-0.2, -0.15) is 0 Å². The van der Waals surface area contributed by atoms with Crippen molar-refractivity contribution in [2.24, 2.45) is 5.92 Å². The van der Waals surface area contributed by atoms with Crippen LogP contribution in [0, 0.1) is 11.7 Å². The Labute approximate surface area is 121 Å². The molecule has 1 fully saturated rings. The summed E-state index contributed by atoms with van der Waals surface area (Å²) in [5, 5.41) is 3.10. The first-order valence-electron chi connectivity index (χ1n) is 7.24. The molecule has 1 aromatic heterocycles. The Bertz CT molecular complexity index is 694. The number of hydrogen-bond donors (Lipinski definition) is 2. The summed E-state index contributed by atoms with van der Waals surface area (Å²) in [6.45, 7) is 4.75. The van der Waals surface area contributed by atoms with Crippen LogP contribution in [0.15, 0.2) is 21.3 Å². The van der Waals surface area contributed by atoms with Crippen molar-refractivity contribution in [1.29, 1.82) is 0 Å². The highest BCUT2D eigenvalue weighted by atomic mass is 19.1. The van der Waals surface area contributed by atoms with Crippen LogP contribution in [-0.4, -0.2) is 23.7 Å². The summed E-state index contributed by atoms with van der Waals surface area (Å²) in [7, 11) is 0. The third-order valence-electron chi connectivity index (χ3n) is 4.12. The molecule has 1 aromatic carbocycles. The number of benzene rings is 1. The maximum Gasteiger partial charge on any atom is 0.417 e. The quantitative estimate of drug-likeness (QED) is 0.913. The second kappa shape index (κ2) is 5.52. The molecule has 0 bridgehead atoms. The number of halogens is 1. The van der Waals surface area contributed by atoms with Crippen molar-refractivity contribution in [1.82, 2.24) is 4.98 Å². The molecular weight excluding hydrogens is 275 g/mol. The molecule has 2 aromatic rings. The molecule has 0 amide bonds. The third-order valence-corrected chi connectivity index (χ3v) is 4.12. The van der Waals surface area contributed by atoms with Crippen LogP contribution >= 0.6 is 0 Å². The summed E-state index contributed by atoms with van der Waals surface area (Å²) in [6, 6.07) is 2.78. The Kier molecular flexibility index (Phi) is 3.71. The number of nitrogens with one attached hydrogen (secondary N) is 2. The van der Waals surface area contributed by atoms with E-state index in [4.69, 9.17) is 9.15 Å². The van der Waals surface area contributed by atoms with Gasteiger partial charge in [0.2, 0.25) is 0 Å². The molecule has 3 rings (SSSR count). The number of fused-ring (bicyclic) bond motifs is 1. The summed E-state index contributed by atoms with van der Waals surface area (Å²) in [5.41, 5.74) is 1.06. The lowest BCUT2D eigenvalue weighted by atomic mass is 9.92. The zero-order chi connectivity index (χ0) is 15.0. The molecule has 2 N–H and O–H groups in total. The lowest BCUT2D eigenvalue weighted by Gasteiger charge is -2.33. The van der Waals surface area contributed by atoms with Crippen molar-refractivity contribution in [3.8, 4) is 0 Å². The van der Waals surface area contributed by atoms with Gasteiger partial charge in [-0.1, -0.05) is 0 Å². The number of aromatic nitrogens is 1. The van der Waals surface area contributed by atoms with Gasteiger partial charge >= 0.3 is 5.76 Å². The first-order valence-corrected chi connectivity index (χ1v) is 7.24. The Balaban J connectivity index is 1.72. The van der Waals surface area contributed by atoms with Gasteiger partial charge < -0.3 is 14.5 Å². The van der Waals surface area contributed by atoms with Gasteiger partial charge in [0.05, 0.1) is 23.4 Å². The summed E-state index contributed by atoms with van der Waals surface area (Å²) >= 11 is 0. The van der Waals surface area contributed by atoms with Crippen LogP contribution < -0.4 is 11.1 Å². The average molecular weight is 294 g/mol. The fourth-order valence-electron chi connectivity index (χ4n) is 2.84. The zero-order valence-corrected chi connectivity index (χ0v) is 12.1. The number of aromatic amines is 1. The molecule has 1 aliphatic heterocycles. The predicted octanol–water partition coefficient (Wildman–Crippen LogP) is 2.88. The van der Waals surface area contributed by atoms with Crippen LogP contribution in [0.5, 0.6) is 0 Å². The normalized spacial score (nSPS) is 26.1. The van der Waals surface area contributed by atoms with Crippen molar-refractivity contribution < 1.29 is 13.5 Å². The molecule has 1 aliphatic rings. The highest BCUT2D eigenvalue weighted by Crippen LogP contribution is 2.26. The molecule has 0 radical (unpaired) electrons. The molecule has 114 valence electrons. The number of hydrogen-bond acceptors (Lipinski definition) is 4. The first-order chi connectivity index (χ1) is 10.0. The number of anilines is 1. The second-order valence-electron chi connectivity index (χ2n) is 5.71. The molecular formula is C15H19FN2O3. The maximum atomic E-state index is 14.0. The molecule has 6 heteroatoms. The summed E-state index contributed by atoms with van der Waals surface area (Å²) in [5.74, 6) is -0.642. The van der Waals surface area contributed by atoms with E-state index >= 15 is 0 Å². The molecule has 3 atom stereocenters. The smallest absolute Gasteiger partial charge is 0.408 e. The van der Waals surface area contributed by atoms with Crippen molar-refractivity contribution >= 4 is 16.8 Å².